The molecule has 1 atom stereocenters. The van der Waals surface area contributed by atoms with Gasteiger partial charge < -0.3 is 10.6 Å². The molecule has 0 aliphatic heterocycles. The summed E-state index contributed by atoms with van der Waals surface area (Å²) in [6.07, 6.45) is -9.73. The maximum Gasteiger partial charge on any atom is 0.419 e. The molecule has 0 aliphatic rings. The Morgan fingerprint density at radius 3 is 2.00 bits per heavy atom. The normalized spacial score (nSPS) is 13.4. The van der Waals surface area contributed by atoms with Gasteiger partial charge in [-0.1, -0.05) is 48.5 Å². The first-order valence-electron chi connectivity index (χ1n) is 10.4. The van der Waals surface area contributed by atoms with Crippen molar-refractivity contribution in [3.63, 3.8) is 0 Å². The van der Waals surface area contributed by atoms with Gasteiger partial charge in [0.1, 0.15) is 12.4 Å². The summed E-state index contributed by atoms with van der Waals surface area (Å²) >= 11 is 0. The molecule has 0 saturated heterocycles. The van der Waals surface area contributed by atoms with Gasteiger partial charge >= 0.3 is 18.4 Å². The summed E-state index contributed by atoms with van der Waals surface area (Å²) < 4.78 is 92.6. The number of nitrogens with one attached hydrogen (secondary N) is 2. The van der Waals surface area contributed by atoms with Crippen molar-refractivity contribution in [1.29, 1.82) is 5.26 Å². The van der Waals surface area contributed by atoms with Gasteiger partial charge in [0, 0.05) is 6.54 Å². The van der Waals surface area contributed by atoms with Gasteiger partial charge in [0.25, 0.3) is 0 Å². The minimum Gasteiger partial charge on any atom is -0.337 e. The van der Waals surface area contributed by atoms with Crippen LogP contribution in [0.4, 0.5) is 35.5 Å². The van der Waals surface area contributed by atoms with Crippen LogP contribution in [0, 0.1) is 17.1 Å². The van der Waals surface area contributed by atoms with Gasteiger partial charge in [-0.2, -0.15) is 31.6 Å². The predicted molar refractivity (Wildman–Crippen MR) is 116 cm³/mol. The van der Waals surface area contributed by atoms with Crippen molar-refractivity contribution >= 4 is 6.03 Å². The average molecular weight is 509 g/mol. The quantitative estimate of drug-likeness (QED) is 0.321. The lowest BCUT2D eigenvalue weighted by Crippen LogP contribution is -2.48. The number of alkyl halides is 6. The second kappa shape index (κ2) is 10.3. The number of rotatable bonds is 6. The smallest absolute Gasteiger partial charge is 0.337 e. The number of carbonyl (C=O) groups is 1. The van der Waals surface area contributed by atoms with Gasteiger partial charge in [-0.05, 0) is 41.0 Å². The van der Waals surface area contributed by atoms with E-state index < -0.39 is 48.3 Å². The minimum absolute atomic E-state index is 0.103. The number of hydrogen-bond acceptors (Lipinski definition) is 2. The average Bonchev–Trinajstić information content (AvgIpc) is 2.83. The van der Waals surface area contributed by atoms with Crippen LogP contribution in [-0.4, -0.2) is 25.3 Å². The third-order valence-electron chi connectivity index (χ3n) is 5.48. The van der Waals surface area contributed by atoms with Crippen molar-refractivity contribution in [3.05, 3.63) is 106 Å². The zero-order chi connectivity index (χ0) is 26.6. The fourth-order valence-corrected chi connectivity index (χ4v) is 3.85. The highest BCUT2D eigenvalue weighted by molar-refractivity contribution is 5.74. The van der Waals surface area contributed by atoms with Crippen LogP contribution in [0.5, 0.6) is 0 Å². The van der Waals surface area contributed by atoms with E-state index in [9.17, 15) is 40.8 Å². The van der Waals surface area contributed by atoms with Crippen LogP contribution in [0.15, 0.2) is 72.8 Å². The van der Waals surface area contributed by atoms with Crippen LogP contribution < -0.4 is 10.6 Å². The van der Waals surface area contributed by atoms with Gasteiger partial charge in [0.15, 0.2) is 0 Å². The van der Waals surface area contributed by atoms with E-state index in [1.54, 1.807) is 35.6 Å². The Labute approximate surface area is 201 Å². The molecule has 0 fully saturated rings. The Kier molecular flexibility index (Phi) is 7.57. The molecule has 1 unspecified atom stereocenters. The molecular formula is C25H18F7N3O. The zero-order valence-electron chi connectivity index (χ0n) is 18.3. The highest BCUT2D eigenvalue weighted by atomic mass is 19.4. The van der Waals surface area contributed by atoms with Crippen molar-refractivity contribution in [3.8, 4) is 6.07 Å². The third kappa shape index (κ3) is 5.94. The van der Waals surface area contributed by atoms with Crippen LogP contribution >= 0.6 is 0 Å². The van der Waals surface area contributed by atoms with E-state index in [1.807, 2.05) is 6.07 Å². The van der Waals surface area contributed by atoms with Crippen molar-refractivity contribution in [2.45, 2.75) is 17.8 Å². The van der Waals surface area contributed by atoms with E-state index >= 15 is 0 Å². The summed E-state index contributed by atoms with van der Waals surface area (Å²) in [5.74, 6) is -1.52. The molecule has 188 valence electrons. The zero-order valence-corrected chi connectivity index (χ0v) is 18.3. The Balaban J connectivity index is 2.24. The third-order valence-corrected chi connectivity index (χ3v) is 5.48. The summed E-state index contributed by atoms with van der Waals surface area (Å²) in [5, 5.41) is 13.3. The van der Waals surface area contributed by atoms with Crippen LogP contribution in [0.3, 0.4) is 0 Å². The lowest BCUT2D eigenvalue weighted by atomic mass is 9.68. The van der Waals surface area contributed by atoms with E-state index in [0.29, 0.717) is 17.7 Å². The highest BCUT2D eigenvalue weighted by Crippen LogP contribution is 2.42. The Morgan fingerprint density at radius 1 is 0.778 bits per heavy atom. The van der Waals surface area contributed by atoms with Crippen molar-refractivity contribution in [1.82, 2.24) is 10.6 Å². The molecule has 0 spiro atoms. The van der Waals surface area contributed by atoms with Crippen molar-refractivity contribution in [2.24, 2.45) is 0 Å². The van der Waals surface area contributed by atoms with Crippen LogP contribution in [0.1, 0.15) is 27.8 Å². The van der Waals surface area contributed by atoms with E-state index in [4.69, 9.17) is 0 Å². The van der Waals surface area contributed by atoms with E-state index in [0.717, 1.165) is 6.07 Å². The molecule has 3 rings (SSSR count). The van der Waals surface area contributed by atoms with Crippen LogP contribution in [0.25, 0.3) is 0 Å². The molecule has 0 aromatic heterocycles. The van der Waals surface area contributed by atoms with Gasteiger partial charge in [0.05, 0.1) is 22.6 Å². The lowest BCUT2D eigenvalue weighted by Gasteiger charge is -2.36. The first-order valence-corrected chi connectivity index (χ1v) is 10.4. The number of benzene rings is 3. The summed E-state index contributed by atoms with van der Waals surface area (Å²) in [7, 11) is 0. The summed E-state index contributed by atoms with van der Waals surface area (Å²) in [6, 6.07) is 16.7. The van der Waals surface area contributed by atoms with Gasteiger partial charge in [0.2, 0.25) is 0 Å². The highest BCUT2D eigenvalue weighted by Gasteiger charge is 2.41. The fraction of sp³-hybridized carbons (Fsp3) is 0.200. The minimum atomic E-state index is -5.05. The summed E-state index contributed by atoms with van der Waals surface area (Å²) in [6.45, 7) is -2.14. The second-order valence-electron chi connectivity index (χ2n) is 7.81. The standard InChI is InChI=1S/C25H18F7N3O/c26-21-10-9-19(12-20(21)25(30,31)32)23(17-6-2-1-3-7-17,18-8-4-5-16(11-18)13-33)14-34-22(36)35-15-24(27,28)29/h1-12H,14-15H2,(H2,34,35,36). The summed E-state index contributed by atoms with van der Waals surface area (Å²) in [5.41, 5.74) is -2.56. The Hall–Kier alpha value is -4.07. The van der Waals surface area contributed by atoms with E-state index in [2.05, 4.69) is 5.32 Å². The number of halogens is 7. The number of urea groups is 1. The molecule has 3 aromatic carbocycles. The molecular weight excluding hydrogens is 491 g/mol. The largest absolute Gasteiger partial charge is 0.419 e. The van der Waals surface area contributed by atoms with Crippen molar-refractivity contribution < 1.29 is 35.5 Å². The first kappa shape index (κ1) is 26.5. The Bertz CT molecular complexity index is 1270. The Morgan fingerprint density at radius 2 is 1.39 bits per heavy atom. The van der Waals surface area contributed by atoms with Crippen molar-refractivity contribution in [2.75, 3.05) is 13.1 Å². The molecule has 0 saturated carbocycles. The molecule has 0 aliphatic carbocycles. The van der Waals surface area contributed by atoms with Crippen LogP contribution in [-0.2, 0) is 11.6 Å². The molecule has 0 radical (unpaired) electrons. The number of nitrogens with zero attached hydrogens (tertiary/aromatic N) is 1. The first-order chi connectivity index (χ1) is 16.9. The second-order valence-corrected chi connectivity index (χ2v) is 7.81. The monoisotopic (exact) mass is 509 g/mol. The number of nitriles is 1. The molecule has 2 N–H and O–H groups in total. The molecule has 11 heteroatoms. The fourth-order valence-electron chi connectivity index (χ4n) is 3.85. The van der Waals surface area contributed by atoms with Crippen LogP contribution in [0.2, 0.25) is 0 Å². The maximum atomic E-state index is 14.2. The molecule has 0 bridgehead atoms. The number of amides is 2. The van der Waals surface area contributed by atoms with E-state index in [-0.39, 0.29) is 16.7 Å². The lowest BCUT2D eigenvalue weighted by molar-refractivity contribution is -0.140. The van der Waals surface area contributed by atoms with Gasteiger partial charge in [-0.15, -0.1) is 0 Å². The molecule has 0 heterocycles. The topological polar surface area (TPSA) is 64.9 Å². The molecule has 3 aromatic rings. The number of carbonyl (C=O) groups excluding carboxylic acids is 1. The molecule has 2 amide bonds. The molecule has 4 nitrogen and oxygen atoms in total. The number of hydrogen-bond donors (Lipinski definition) is 2. The SMILES string of the molecule is N#Cc1cccc(C(CNC(=O)NCC(F)(F)F)(c2ccccc2)c2ccc(F)c(C(F)(F)F)c2)c1. The molecule has 36 heavy (non-hydrogen) atoms. The predicted octanol–water partition coefficient (Wildman–Crippen LogP) is 5.91. The van der Waals surface area contributed by atoms with E-state index in [1.165, 1.54) is 24.3 Å². The van der Waals surface area contributed by atoms with Gasteiger partial charge in [-0.3, -0.25) is 0 Å². The van der Waals surface area contributed by atoms with Gasteiger partial charge in [-0.25, -0.2) is 9.18 Å². The summed E-state index contributed by atoms with van der Waals surface area (Å²) in [4.78, 5) is 12.2. The maximum absolute atomic E-state index is 14.2.